The van der Waals surface area contributed by atoms with Gasteiger partial charge in [0, 0.05) is 30.9 Å². The third kappa shape index (κ3) is 7.45. The molecule has 1 unspecified atom stereocenters. The molecule has 2 aromatic rings. The van der Waals surface area contributed by atoms with E-state index in [1.54, 1.807) is 18.2 Å². The van der Waals surface area contributed by atoms with Crippen LogP contribution < -0.4 is 15.4 Å². The number of rotatable bonds is 8. The smallest absolute Gasteiger partial charge is 0.387 e. The average molecular weight is 521 g/mol. The fourth-order valence-electron chi connectivity index (χ4n) is 3.03. The molecule has 1 aromatic heterocycles. The molecular weight excluding hydrogens is 491 g/mol. The first-order valence-corrected chi connectivity index (χ1v) is 9.38. The number of guanidine groups is 1. The van der Waals surface area contributed by atoms with Crippen molar-refractivity contribution in [2.75, 3.05) is 6.54 Å². The number of nitrogens with one attached hydrogen (secondary N) is 2. The van der Waals surface area contributed by atoms with Gasteiger partial charge < -0.3 is 15.4 Å². The van der Waals surface area contributed by atoms with Crippen molar-refractivity contribution >= 4 is 29.9 Å². The molecule has 0 radical (unpaired) electrons. The molecule has 0 amide bonds. The van der Waals surface area contributed by atoms with Crippen LogP contribution in [0.5, 0.6) is 5.75 Å². The predicted molar refractivity (Wildman–Crippen MR) is 122 cm³/mol. The van der Waals surface area contributed by atoms with Crippen molar-refractivity contribution in [2.45, 2.75) is 53.3 Å². The summed E-state index contributed by atoms with van der Waals surface area (Å²) in [6.45, 7) is 6.18. The molecule has 1 atom stereocenters. The minimum atomic E-state index is -2.86. The Hall–Kier alpha value is -1.91. The predicted octanol–water partition coefficient (Wildman–Crippen LogP) is 3.94. The van der Waals surface area contributed by atoms with Crippen LogP contribution >= 0.6 is 24.0 Å². The van der Waals surface area contributed by atoms with Gasteiger partial charge in [-0.15, -0.1) is 24.0 Å². The van der Waals surface area contributed by atoms with Gasteiger partial charge in [-0.05, 0) is 45.7 Å². The van der Waals surface area contributed by atoms with Crippen molar-refractivity contribution in [3.63, 3.8) is 0 Å². The van der Waals surface area contributed by atoms with E-state index in [1.165, 1.54) is 11.6 Å². The van der Waals surface area contributed by atoms with Crippen LogP contribution in [0.2, 0.25) is 0 Å². The van der Waals surface area contributed by atoms with E-state index in [2.05, 4.69) is 39.3 Å². The van der Waals surface area contributed by atoms with Gasteiger partial charge in [-0.2, -0.15) is 13.9 Å². The molecule has 29 heavy (non-hydrogen) atoms. The van der Waals surface area contributed by atoms with Crippen LogP contribution in [0, 0.1) is 13.8 Å². The number of benzene rings is 1. The first-order chi connectivity index (χ1) is 13.3. The summed E-state index contributed by atoms with van der Waals surface area (Å²) in [5.74, 6) is 0.771. The molecule has 9 heteroatoms. The van der Waals surface area contributed by atoms with E-state index in [1.807, 2.05) is 25.6 Å². The molecule has 0 saturated heterocycles. The molecule has 0 spiro atoms. The van der Waals surface area contributed by atoms with E-state index in [9.17, 15) is 8.78 Å². The number of aromatic nitrogens is 2. The van der Waals surface area contributed by atoms with Crippen molar-refractivity contribution in [2.24, 2.45) is 12.0 Å². The number of nitrogens with zero attached hydrogens (tertiary/aromatic N) is 3. The molecule has 162 valence electrons. The van der Waals surface area contributed by atoms with Crippen molar-refractivity contribution in [1.82, 2.24) is 20.4 Å². The van der Waals surface area contributed by atoms with Gasteiger partial charge in [0.1, 0.15) is 5.75 Å². The molecule has 1 heterocycles. The number of aliphatic imine (C=N–C) groups is 1. The molecule has 2 rings (SSSR count). The molecule has 0 aliphatic carbocycles. The van der Waals surface area contributed by atoms with Crippen LogP contribution in [0.4, 0.5) is 8.78 Å². The summed E-state index contributed by atoms with van der Waals surface area (Å²) in [6, 6.07) is 6.81. The maximum atomic E-state index is 12.6. The maximum absolute atomic E-state index is 12.6. The first-order valence-electron chi connectivity index (χ1n) is 9.38. The fraction of sp³-hybridized carbons (Fsp3) is 0.500. The normalized spacial score (nSPS) is 12.5. The largest absolute Gasteiger partial charge is 0.434 e. The standard InChI is InChI=1S/C20H29F2N5O.HI/c1-6-23-20(24-12-16-9-7-8-10-18(16)28-19(21)22)25-13(2)11-17-14(3)26-27(5)15(17)4;/h7-10,13,19H,6,11-12H2,1-5H3,(H2,23,24,25);1H. The van der Waals surface area contributed by atoms with E-state index in [4.69, 9.17) is 0 Å². The highest BCUT2D eigenvalue weighted by atomic mass is 127. The van der Waals surface area contributed by atoms with Gasteiger partial charge in [0.15, 0.2) is 5.96 Å². The van der Waals surface area contributed by atoms with E-state index in [0.29, 0.717) is 18.1 Å². The zero-order valence-electron chi connectivity index (χ0n) is 17.5. The second-order valence-electron chi connectivity index (χ2n) is 6.70. The van der Waals surface area contributed by atoms with Crippen molar-refractivity contribution in [3.05, 3.63) is 46.8 Å². The molecule has 6 nitrogen and oxygen atoms in total. The number of halogens is 3. The quantitative estimate of drug-likeness (QED) is 0.314. The molecule has 0 saturated carbocycles. The number of ether oxygens (including phenoxy) is 1. The van der Waals surface area contributed by atoms with E-state index >= 15 is 0 Å². The van der Waals surface area contributed by atoms with Gasteiger partial charge in [-0.25, -0.2) is 4.99 Å². The third-order valence-corrected chi connectivity index (χ3v) is 4.49. The van der Waals surface area contributed by atoms with Gasteiger partial charge in [0.2, 0.25) is 0 Å². The Bertz CT molecular complexity index is 810. The molecule has 0 fully saturated rings. The number of alkyl halides is 2. The van der Waals surface area contributed by atoms with Crippen molar-refractivity contribution < 1.29 is 13.5 Å². The van der Waals surface area contributed by atoms with Gasteiger partial charge in [-0.3, -0.25) is 4.68 Å². The average Bonchev–Trinajstić information content (AvgIpc) is 2.86. The van der Waals surface area contributed by atoms with E-state index in [-0.39, 0.29) is 42.3 Å². The minimum absolute atomic E-state index is 0. The lowest BCUT2D eigenvalue weighted by Gasteiger charge is -2.18. The van der Waals surface area contributed by atoms with Crippen LogP contribution in [0.1, 0.15) is 36.4 Å². The zero-order valence-corrected chi connectivity index (χ0v) is 19.8. The summed E-state index contributed by atoms with van der Waals surface area (Å²) in [7, 11) is 1.94. The SMILES string of the molecule is CCNC(=NCc1ccccc1OC(F)F)NC(C)Cc1c(C)nn(C)c1C.I. The Balaban J connectivity index is 0.00000420. The Labute approximate surface area is 188 Å². The zero-order chi connectivity index (χ0) is 20.7. The topological polar surface area (TPSA) is 63.5 Å². The lowest BCUT2D eigenvalue weighted by atomic mass is 10.1. The van der Waals surface area contributed by atoms with Crippen LogP contribution in [0.15, 0.2) is 29.3 Å². The van der Waals surface area contributed by atoms with Gasteiger partial charge in [0.05, 0.1) is 12.2 Å². The van der Waals surface area contributed by atoms with Gasteiger partial charge >= 0.3 is 6.61 Å². The van der Waals surface area contributed by atoms with Crippen molar-refractivity contribution in [3.8, 4) is 5.75 Å². The van der Waals surface area contributed by atoms with E-state index < -0.39 is 6.61 Å². The monoisotopic (exact) mass is 521 g/mol. The molecular formula is C20H30F2IN5O. The van der Waals surface area contributed by atoms with Crippen molar-refractivity contribution in [1.29, 1.82) is 0 Å². The van der Waals surface area contributed by atoms with E-state index in [0.717, 1.165) is 17.8 Å². The van der Waals surface area contributed by atoms with Crippen LogP contribution in [0.3, 0.4) is 0 Å². The summed E-state index contributed by atoms with van der Waals surface area (Å²) >= 11 is 0. The summed E-state index contributed by atoms with van der Waals surface area (Å²) in [6.07, 6.45) is 0.807. The molecule has 0 aliphatic heterocycles. The minimum Gasteiger partial charge on any atom is -0.434 e. The van der Waals surface area contributed by atoms with Crippen LogP contribution in [-0.4, -0.2) is 34.9 Å². The highest BCUT2D eigenvalue weighted by Crippen LogP contribution is 2.21. The fourth-order valence-corrected chi connectivity index (χ4v) is 3.03. The second kappa shape index (κ2) is 11.9. The molecule has 0 aliphatic rings. The third-order valence-electron chi connectivity index (χ3n) is 4.49. The second-order valence-corrected chi connectivity index (χ2v) is 6.70. The number of hydrogen-bond acceptors (Lipinski definition) is 3. The van der Waals surface area contributed by atoms with Gasteiger partial charge in [-0.1, -0.05) is 18.2 Å². The molecule has 2 N–H and O–H groups in total. The Morgan fingerprint density at radius 1 is 1.28 bits per heavy atom. The Morgan fingerprint density at radius 2 is 1.97 bits per heavy atom. The highest BCUT2D eigenvalue weighted by molar-refractivity contribution is 14.0. The number of para-hydroxylation sites is 1. The van der Waals surface area contributed by atoms with Crippen LogP contribution in [-0.2, 0) is 20.0 Å². The number of hydrogen-bond donors (Lipinski definition) is 2. The maximum Gasteiger partial charge on any atom is 0.387 e. The highest BCUT2D eigenvalue weighted by Gasteiger charge is 2.14. The molecule has 0 bridgehead atoms. The molecule has 1 aromatic carbocycles. The Kier molecular flexibility index (Phi) is 10.3. The first kappa shape index (κ1) is 25.1. The summed E-state index contributed by atoms with van der Waals surface area (Å²) in [5.41, 5.74) is 3.99. The summed E-state index contributed by atoms with van der Waals surface area (Å²) < 4.78 is 31.6. The Morgan fingerprint density at radius 3 is 2.55 bits per heavy atom. The lowest BCUT2D eigenvalue weighted by molar-refractivity contribution is -0.0504. The number of aryl methyl sites for hydroxylation is 2. The summed E-state index contributed by atoms with van der Waals surface area (Å²) in [4.78, 5) is 4.53. The summed E-state index contributed by atoms with van der Waals surface area (Å²) in [5, 5.41) is 11.0. The van der Waals surface area contributed by atoms with Crippen LogP contribution in [0.25, 0.3) is 0 Å². The lowest BCUT2D eigenvalue weighted by Crippen LogP contribution is -2.43. The van der Waals surface area contributed by atoms with Gasteiger partial charge in [0.25, 0.3) is 0 Å².